The molecule has 0 radical (unpaired) electrons. The van der Waals surface area contributed by atoms with Gasteiger partial charge in [-0.05, 0) is 92.3 Å². The van der Waals surface area contributed by atoms with Crippen LogP contribution in [0, 0.1) is 17.8 Å². The van der Waals surface area contributed by atoms with Crippen molar-refractivity contribution in [2.75, 3.05) is 32.3 Å². The second-order valence-electron chi connectivity index (χ2n) is 14.0. The molecule has 2 N–H and O–H groups in total. The van der Waals surface area contributed by atoms with Crippen LogP contribution < -0.4 is 19.1 Å². The van der Waals surface area contributed by atoms with Gasteiger partial charge in [-0.3, -0.25) is 19.0 Å². The van der Waals surface area contributed by atoms with E-state index in [0.717, 1.165) is 43.4 Å². The maximum Gasteiger partial charge on any atom is 0.286 e. The molecule has 2 aromatic carbocycles. The van der Waals surface area contributed by atoms with Crippen molar-refractivity contribution in [1.82, 2.24) is 14.5 Å². The van der Waals surface area contributed by atoms with E-state index in [4.69, 9.17) is 25.8 Å². The molecular weight excluding hydrogens is 706 g/mol. The summed E-state index contributed by atoms with van der Waals surface area (Å²) in [5.41, 5.74) is 3.24. The van der Waals surface area contributed by atoms with Gasteiger partial charge in [0, 0.05) is 49.9 Å². The molecule has 1 saturated carbocycles. The van der Waals surface area contributed by atoms with Crippen LogP contribution >= 0.6 is 11.6 Å². The molecule has 3 aromatic rings. The minimum atomic E-state index is -3.87. The van der Waals surface area contributed by atoms with Crippen molar-refractivity contribution in [2.24, 2.45) is 29.2 Å². The Morgan fingerprint density at radius 2 is 1.90 bits per heavy atom. The lowest BCUT2D eigenvalue weighted by Gasteiger charge is -2.43. The highest BCUT2D eigenvalue weighted by Gasteiger charge is 2.39. The van der Waals surface area contributed by atoms with Crippen molar-refractivity contribution in [2.45, 2.75) is 70.0 Å². The number of amides is 2. The highest BCUT2D eigenvalue weighted by molar-refractivity contribution is 7.93. The van der Waals surface area contributed by atoms with E-state index in [-0.39, 0.29) is 34.9 Å². The zero-order chi connectivity index (χ0) is 37.2. The maximum absolute atomic E-state index is 14.9. The normalized spacial score (nSPS) is 28.8. The van der Waals surface area contributed by atoms with Gasteiger partial charge < -0.3 is 24.2 Å². The summed E-state index contributed by atoms with van der Waals surface area (Å²) in [5.74, 6) is -1.14. The Hall–Kier alpha value is -3.91. The van der Waals surface area contributed by atoms with Gasteiger partial charge in [0.1, 0.15) is 21.2 Å². The van der Waals surface area contributed by atoms with Gasteiger partial charge in [0.25, 0.3) is 11.8 Å². The number of benzene rings is 2. The summed E-state index contributed by atoms with van der Waals surface area (Å²) < 4.78 is 40.7. The fourth-order valence-corrected chi connectivity index (χ4v) is 9.35. The van der Waals surface area contributed by atoms with Crippen LogP contribution in [-0.4, -0.2) is 75.7 Å². The van der Waals surface area contributed by atoms with Gasteiger partial charge in [0.2, 0.25) is 5.88 Å². The van der Waals surface area contributed by atoms with Gasteiger partial charge in [-0.1, -0.05) is 36.7 Å². The van der Waals surface area contributed by atoms with Crippen molar-refractivity contribution < 1.29 is 33.1 Å². The van der Waals surface area contributed by atoms with E-state index in [9.17, 15) is 18.9 Å². The van der Waals surface area contributed by atoms with Crippen LogP contribution in [0.5, 0.6) is 11.6 Å². The summed E-state index contributed by atoms with van der Waals surface area (Å²) in [5, 5.41) is 15.2. The average Bonchev–Trinajstić information content (AvgIpc) is 3.50. The van der Waals surface area contributed by atoms with Crippen LogP contribution in [0.15, 0.2) is 59.1 Å². The van der Waals surface area contributed by atoms with Crippen LogP contribution in [0.2, 0.25) is 5.02 Å². The molecule has 2 bridgehead atoms. The number of fused-ring (bicyclic) bond motifs is 3. The molecule has 2 amide bonds. The summed E-state index contributed by atoms with van der Waals surface area (Å²) >= 11 is 6.46. The Balaban J connectivity index is 1.50. The van der Waals surface area contributed by atoms with Gasteiger partial charge in [0.05, 0.1) is 36.9 Å². The molecular formula is C38H48ClN5O7S. The molecule has 3 heterocycles. The van der Waals surface area contributed by atoms with Crippen LogP contribution in [0.4, 0.5) is 5.69 Å². The number of aliphatic hydroxyl groups is 1. The van der Waals surface area contributed by atoms with Gasteiger partial charge in [0.15, 0.2) is 0 Å². The number of carbonyl (C=O) groups is 2. The number of methoxy groups -OCH3 is 2. The van der Waals surface area contributed by atoms with E-state index in [1.807, 2.05) is 18.2 Å². The largest absolute Gasteiger partial charge is 0.491 e. The zero-order valence-electron chi connectivity index (χ0n) is 30.3. The van der Waals surface area contributed by atoms with Gasteiger partial charge >= 0.3 is 0 Å². The number of carbonyl (C=O) groups excluding carboxylic acids is 2. The highest BCUT2D eigenvalue weighted by atomic mass is 35.5. The maximum atomic E-state index is 14.9. The molecule has 1 fully saturated rings. The average molecular weight is 754 g/mol. The lowest BCUT2D eigenvalue weighted by Crippen LogP contribution is -2.44. The van der Waals surface area contributed by atoms with Crippen molar-refractivity contribution in [3.8, 4) is 11.6 Å². The summed E-state index contributed by atoms with van der Waals surface area (Å²) in [6.07, 6.45) is 8.18. The van der Waals surface area contributed by atoms with Crippen LogP contribution in [0.1, 0.15) is 71.4 Å². The zero-order valence-corrected chi connectivity index (χ0v) is 31.9. The number of aromatic nitrogens is 2. The number of hydrogen-bond acceptors (Lipinski definition) is 9. The number of nitrogens with one attached hydrogen (secondary N) is 1. The number of aryl methyl sites for hydroxylation is 2. The van der Waals surface area contributed by atoms with Crippen LogP contribution in [-0.2, 0) is 34.7 Å². The molecule has 7 atom stereocenters. The summed E-state index contributed by atoms with van der Waals surface area (Å²) in [6, 6.07) is 11.1. The highest BCUT2D eigenvalue weighted by Crippen LogP contribution is 2.42. The van der Waals surface area contributed by atoms with Crippen LogP contribution in [0.25, 0.3) is 0 Å². The molecule has 3 aliphatic rings. The molecule has 52 heavy (non-hydrogen) atoms. The smallest absolute Gasteiger partial charge is 0.286 e. The Kier molecular flexibility index (Phi) is 11.6. The van der Waals surface area contributed by atoms with Gasteiger partial charge in [-0.2, -0.15) is 0 Å². The van der Waals surface area contributed by atoms with E-state index in [1.54, 1.807) is 52.3 Å². The predicted octanol–water partition coefficient (Wildman–Crippen LogP) is 5.75. The van der Waals surface area contributed by atoms with Gasteiger partial charge in [-0.15, -0.1) is 9.46 Å². The second kappa shape index (κ2) is 16.0. The van der Waals surface area contributed by atoms with E-state index in [2.05, 4.69) is 25.1 Å². The first-order valence-electron chi connectivity index (χ1n) is 17.8. The van der Waals surface area contributed by atoms with Crippen molar-refractivity contribution in [1.29, 1.82) is 0 Å². The van der Waals surface area contributed by atoms with E-state index < -0.39 is 39.0 Å². The third-order valence-electron chi connectivity index (χ3n) is 10.8. The topological polar surface area (TPSA) is 145 Å². The van der Waals surface area contributed by atoms with Crippen molar-refractivity contribution >= 4 is 39.0 Å². The van der Waals surface area contributed by atoms with Crippen LogP contribution in [0.3, 0.4) is 0 Å². The molecule has 0 spiro atoms. The minimum Gasteiger partial charge on any atom is -0.491 e. The molecule has 12 nitrogen and oxygen atoms in total. The predicted molar refractivity (Wildman–Crippen MR) is 200 cm³/mol. The van der Waals surface area contributed by atoms with E-state index >= 15 is 0 Å². The number of hydrogen-bond donors (Lipinski definition) is 2. The first kappa shape index (κ1) is 37.8. The Labute approximate surface area is 310 Å². The molecule has 1 aliphatic carbocycles. The SMILES string of the molecule is COc1nn(C)cc1C(=O)NS1(=O)=NC(=O)c2ccc3c(c2)N(Cc2ccc(Cl)cc2CCCCO3)CC2CCC2C(OC)/C=C/C(O)C(C)C1C. The molecule has 2 aliphatic heterocycles. The fraction of sp³-hybridized carbons (Fsp3) is 0.500. The van der Waals surface area contributed by atoms with E-state index in [0.29, 0.717) is 30.5 Å². The number of aliphatic hydroxyl groups excluding tert-OH is 1. The molecule has 280 valence electrons. The first-order chi connectivity index (χ1) is 24.9. The summed E-state index contributed by atoms with van der Waals surface area (Å²) in [7, 11) is 0.793. The Bertz CT molecular complexity index is 1960. The monoisotopic (exact) mass is 753 g/mol. The standard InChI is InChI=1S/C38H48ClN5O7S/c1-23-24(2)52(48,42-37(47)31-22-43(3)40-38(31)50-5)41-36(46)26-11-15-35-32(19-26)44(21-28-10-13-30(28)34(49-4)16-14-33(23)45)20-27-9-12-29(39)18-25(27)8-6-7-17-51-35/h9,11-12,14-16,18-19,22-24,28,30,33-34,45H,6-8,10,13,17,20-21H2,1-5H3,(H,41,42,46,47,48)/b16-14+. The van der Waals surface area contributed by atoms with Crippen molar-refractivity contribution in [3.63, 3.8) is 0 Å². The molecule has 0 saturated heterocycles. The van der Waals surface area contributed by atoms with E-state index in [1.165, 1.54) is 23.6 Å². The molecule has 6 rings (SSSR count). The lowest BCUT2D eigenvalue weighted by molar-refractivity contribution is 0.0126. The molecule has 7 unspecified atom stereocenters. The summed E-state index contributed by atoms with van der Waals surface area (Å²) in [6.45, 7) is 5.01. The fourth-order valence-electron chi connectivity index (χ4n) is 7.29. The minimum absolute atomic E-state index is 0.0270. The summed E-state index contributed by atoms with van der Waals surface area (Å²) in [4.78, 5) is 30.0. The number of ether oxygens (including phenoxy) is 3. The van der Waals surface area contributed by atoms with Crippen molar-refractivity contribution in [3.05, 3.63) is 82.0 Å². The number of halogens is 1. The number of anilines is 1. The second-order valence-corrected chi connectivity index (χ2v) is 16.7. The lowest BCUT2D eigenvalue weighted by atomic mass is 9.70. The third-order valence-corrected chi connectivity index (χ3v) is 13.4. The molecule has 1 aromatic heterocycles. The quantitative estimate of drug-likeness (QED) is 0.318. The Morgan fingerprint density at radius 3 is 2.63 bits per heavy atom. The third kappa shape index (κ3) is 8.02. The number of rotatable bonds is 4. The Morgan fingerprint density at radius 1 is 1.10 bits per heavy atom. The number of nitrogens with zero attached hydrogens (tertiary/aromatic N) is 4. The van der Waals surface area contributed by atoms with Gasteiger partial charge in [-0.25, -0.2) is 4.21 Å². The first-order valence-corrected chi connectivity index (χ1v) is 19.7. The molecule has 14 heteroatoms.